The molecule has 5 rings (SSSR count). The largest absolute Gasteiger partial charge is 0.368 e. The summed E-state index contributed by atoms with van der Waals surface area (Å²) in [4.78, 5) is 17.7. The number of anilines is 1. The molecule has 7 heteroatoms. The number of halogens is 1. The van der Waals surface area contributed by atoms with Gasteiger partial charge in [0, 0.05) is 24.0 Å². The van der Waals surface area contributed by atoms with E-state index in [1.807, 2.05) is 30.3 Å². The number of allylic oxidation sites excluding steroid dienone is 1. The number of thioether (sulfide) groups is 1. The first-order valence-corrected chi connectivity index (χ1v) is 12.2. The second-order valence-corrected chi connectivity index (χ2v) is 10.5. The van der Waals surface area contributed by atoms with E-state index in [2.05, 4.69) is 39.4 Å². The van der Waals surface area contributed by atoms with Gasteiger partial charge in [-0.3, -0.25) is 9.80 Å². The molecule has 31 heavy (non-hydrogen) atoms. The Hall–Kier alpha value is -2.02. The third-order valence-corrected chi connectivity index (χ3v) is 8.12. The van der Waals surface area contributed by atoms with Crippen molar-refractivity contribution in [1.82, 2.24) is 15.0 Å². The minimum atomic E-state index is 0.176. The number of hydrogen-bond donors (Lipinski definition) is 1. The Labute approximate surface area is 192 Å². The zero-order valence-corrected chi connectivity index (χ0v) is 19.2. The molecule has 2 fully saturated rings. The molecule has 1 saturated carbocycles. The molecule has 1 aromatic carbocycles. The molecule has 1 N–H and O–H groups in total. The maximum Gasteiger partial charge on any atom is 0.168 e. The zero-order valence-electron chi connectivity index (χ0n) is 17.6. The topological polar surface area (TPSA) is 48.5 Å². The summed E-state index contributed by atoms with van der Waals surface area (Å²) in [5.41, 5.74) is 2.38. The standard InChI is InChI=1S/C24H27ClN4OS/c1-17-29(20(16-30)23(31-17)18-6-3-2-4-7-18)28-13-12-24(10-11-24)14-19(28)15-26-22-9-5-8-21(25)27-22/h2-9,16-17,19H,10-15H2,1H3,(H,26,27)/t17-,19?/m0/s1. The number of hydrogen-bond acceptors (Lipinski definition) is 6. The van der Waals surface area contributed by atoms with Gasteiger partial charge in [-0.2, -0.15) is 0 Å². The number of benzene rings is 1. The number of piperidine rings is 1. The second kappa shape index (κ2) is 8.49. The van der Waals surface area contributed by atoms with Crippen LogP contribution >= 0.6 is 23.4 Å². The Kier molecular flexibility index (Phi) is 5.71. The zero-order chi connectivity index (χ0) is 21.4. The van der Waals surface area contributed by atoms with E-state index in [4.69, 9.17) is 11.6 Å². The Bertz CT molecular complexity index is 994. The average molecular weight is 455 g/mol. The number of pyridine rings is 1. The maximum absolute atomic E-state index is 12.3. The van der Waals surface area contributed by atoms with Gasteiger partial charge in [-0.1, -0.05) is 59.8 Å². The van der Waals surface area contributed by atoms with Gasteiger partial charge in [-0.05, 0) is 55.7 Å². The number of nitrogens with one attached hydrogen (secondary N) is 1. The van der Waals surface area contributed by atoms with Gasteiger partial charge in [0.25, 0.3) is 0 Å². The SMILES string of the molecule is C[C@@H]1SC(c2ccccc2)=C(C=O)N1N1CCC2(CC2)CC1CNc1cccc(Cl)n1. The molecule has 1 aliphatic carbocycles. The van der Waals surface area contributed by atoms with Crippen molar-refractivity contribution in [2.45, 2.75) is 44.0 Å². The molecule has 5 nitrogen and oxygen atoms in total. The Morgan fingerprint density at radius 1 is 1.19 bits per heavy atom. The van der Waals surface area contributed by atoms with Gasteiger partial charge in [-0.25, -0.2) is 9.99 Å². The highest BCUT2D eigenvalue weighted by Gasteiger charge is 2.50. The number of nitrogens with zero attached hydrogens (tertiary/aromatic N) is 3. The monoisotopic (exact) mass is 454 g/mol. The van der Waals surface area contributed by atoms with E-state index in [-0.39, 0.29) is 5.37 Å². The summed E-state index contributed by atoms with van der Waals surface area (Å²) in [6, 6.07) is 16.2. The summed E-state index contributed by atoms with van der Waals surface area (Å²) in [5, 5.41) is 8.83. The summed E-state index contributed by atoms with van der Waals surface area (Å²) in [6.07, 6.45) is 6.01. The first-order chi connectivity index (χ1) is 15.1. The molecule has 3 aliphatic rings. The first-order valence-electron chi connectivity index (χ1n) is 10.9. The van der Waals surface area contributed by atoms with Crippen molar-refractivity contribution in [2.24, 2.45) is 5.41 Å². The molecular weight excluding hydrogens is 428 g/mol. The van der Waals surface area contributed by atoms with Crippen LogP contribution in [0.25, 0.3) is 4.91 Å². The molecule has 0 amide bonds. The van der Waals surface area contributed by atoms with E-state index in [1.54, 1.807) is 17.8 Å². The highest BCUT2D eigenvalue weighted by molar-refractivity contribution is 8.09. The highest BCUT2D eigenvalue weighted by Crippen LogP contribution is 2.56. The van der Waals surface area contributed by atoms with Crippen LogP contribution in [0.15, 0.2) is 54.2 Å². The minimum absolute atomic E-state index is 0.176. The van der Waals surface area contributed by atoms with E-state index in [9.17, 15) is 4.79 Å². The maximum atomic E-state index is 12.3. The van der Waals surface area contributed by atoms with E-state index >= 15 is 0 Å². The van der Waals surface area contributed by atoms with Crippen molar-refractivity contribution >= 4 is 40.4 Å². The lowest BCUT2D eigenvalue weighted by Crippen LogP contribution is -2.56. The van der Waals surface area contributed by atoms with Crippen LogP contribution in [0.5, 0.6) is 0 Å². The lowest BCUT2D eigenvalue weighted by atomic mass is 9.88. The van der Waals surface area contributed by atoms with Crippen LogP contribution in [0.2, 0.25) is 5.15 Å². The number of hydrazine groups is 1. The predicted octanol–water partition coefficient (Wildman–Crippen LogP) is 5.27. The van der Waals surface area contributed by atoms with E-state index in [1.165, 1.54) is 19.3 Å². The molecule has 1 aromatic heterocycles. The van der Waals surface area contributed by atoms with Gasteiger partial charge >= 0.3 is 0 Å². The van der Waals surface area contributed by atoms with Gasteiger partial charge < -0.3 is 5.32 Å². The fourth-order valence-corrected chi connectivity index (χ4v) is 6.28. The van der Waals surface area contributed by atoms with Crippen molar-refractivity contribution in [3.05, 3.63) is 64.9 Å². The van der Waals surface area contributed by atoms with Gasteiger partial charge in [0.15, 0.2) is 6.29 Å². The number of rotatable bonds is 6. The van der Waals surface area contributed by atoms with Crippen LogP contribution in [-0.4, -0.2) is 45.8 Å². The van der Waals surface area contributed by atoms with Gasteiger partial charge in [0.1, 0.15) is 16.7 Å². The van der Waals surface area contributed by atoms with Gasteiger partial charge in [0.05, 0.1) is 5.37 Å². The van der Waals surface area contributed by atoms with Crippen molar-refractivity contribution in [2.75, 3.05) is 18.4 Å². The van der Waals surface area contributed by atoms with Crippen LogP contribution in [0.4, 0.5) is 5.82 Å². The van der Waals surface area contributed by atoms with Crippen LogP contribution < -0.4 is 5.32 Å². The summed E-state index contributed by atoms with van der Waals surface area (Å²) in [6.45, 7) is 3.93. The van der Waals surface area contributed by atoms with Gasteiger partial charge in [0.2, 0.25) is 0 Å². The quantitative estimate of drug-likeness (QED) is 0.474. The Morgan fingerprint density at radius 3 is 2.71 bits per heavy atom. The van der Waals surface area contributed by atoms with E-state index in [0.29, 0.717) is 16.6 Å². The van der Waals surface area contributed by atoms with Crippen molar-refractivity contribution in [3.8, 4) is 0 Å². The van der Waals surface area contributed by atoms with Gasteiger partial charge in [-0.15, -0.1) is 0 Å². The molecule has 3 heterocycles. The second-order valence-electron chi connectivity index (χ2n) is 8.76. The lowest BCUT2D eigenvalue weighted by molar-refractivity contribution is -0.112. The molecule has 0 radical (unpaired) electrons. The normalized spacial score (nSPS) is 25.2. The smallest absolute Gasteiger partial charge is 0.168 e. The lowest BCUT2D eigenvalue weighted by Gasteiger charge is -2.47. The van der Waals surface area contributed by atoms with Crippen LogP contribution in [-0.2, 0) is 4.79 Å². The first kappa shape index (κ1) is 20.9. The number of aromatic nitrogens is 1. The summed E-state index contributed by atoms with van der Waals surface area (Å²) in [5.74, 6) is 0.794. The molecule has 1 saturated heterocycles. The molecule has 162 valence electrons. The highest BCUT2D eigenvalue weighted by atomic mass is 35.5. The Morgan fingerprint density at radius 2 is 2.00 bits per heavy atom. The minimum Gasteiger partial charge on any atom is -0.368 e. The summed E-state index contributed by atoms with van der Waals surface area (Å²) in [7, 11) is 0. The predicted molar refractivity (Wildman–Crippen MR) is 127 cm³/mol. The molecule has 1 unspecified atom stereocenters. The molecule has 2 aromatic rings. The molecule has 2 atom stereocenters. The van der Waals surface area contributed by atoms with Crippen molar-refractivity contribution in [1.29, 1.82) is 0 Å². The van der Waals surface area contributed by atoms with E-state index < -0.39 is 0 Å². The molecule has 1 spiro atoms. The average Bonchev–Trinajstić information content (AvgIpc) is 3.45. The third kappa shape index (κ3) is 4.21. The Balaban J connectivity index is 1.42. The fourth-order valence-electron chi connectivity index (χ4n) is 4.90. The molecule has 2 aliphatic heterocycles. The van der Waals surface area contributed by atoms with E-state index in [0.717, 1.165) is 47.8 Å². The molecule has 0 bridgehead atoms. The van der Waals surface area contributed by atoms with Crippen LogP contribution in [0.3, 0.4) is 0 Å². The molecular formula is C24H27ClN4OS. The number of carbonyl (C=O) groups is 1. The fraction of sp³-hybridized carbons (Fsp3) is 0.417. The van der Waals surface area contributed by atoms with Crippen LogP contribution in [0.1, 0.15) is 38.2 Å². The van der Waals surface area contributed by atoms with Crippen molar-refractivity contribution < 1.29 is 4.79 Å². The van der Waals surface area contributed by atoms with Crippen LogP contribution in [0, 0.1) is 5.41 Å². The number of carbonyl (C=O) groups excluding carboxylic acids is 1. The van der Waals surface area contributed by atoms with Crippen molar-refractivity contribution in [3.63, 3.8) is 0 Å². The number of aldehydes is 1. The third-order valence-electron chi connectivity index (χ3n) is 6.69. The summed E-state index contributed by atoms with van der Waals surface area (Å²) < 4.78 is 0. The summed E-state index contributed by atoms with van der Waals surface area (Å²) >= 11 is 7.84.